The molecule has 0 N–H and O–H groups in total. The van der Waals surface area contributed by atoms with E-state index in [4.69, 9.17) is 9.47 Å². The van der Waals surface area contributed by atoms with Crippen molar-refractivity contribution in [3.8, 4) is 17.2 Å². The predicted molar refractivity (Wildman–Crippen MR) is 104 cm³/mol. The maximum Gasteiger partial charge on any atom is 0.387 e. The van der Waals surface area contributed by atoms with Crippen LogP contribution >= 0.6 is 12.4 Å². The highest BCUT2D eigenvalue weighted by Gasteiger charge is 2.23. The second kappa shape index (κ2) is 9.28. The molecule has 0 unspecified atom stereocenters. The first-order valence-electron chi connectivity index (χ1n) is 9.03. The summed E-state index contributed by atoms with van der Waals surface area (Å²) in [5, 5.41) is 0. The molecule has 0 atom stereocenters. The van der Waals surface area contributed by atoms with Gasteiger partial charge in [0.25, 0.3) is 5.91 Å². The van der Waals surface area contributed by atoms with E-state index < -0.39 is 6.61 Å². The van der Waals surface area contributed by atoms with Crippen LogP contribution in [-0.4, -0.2) is 55.3 Å². The molecule has 2 aromatic rings. The first-order valence-corrected chi connectivity index (χ1v) is 9.03. The van der Waals surface area contributed by atoms with E-state index >= 15 is 0 Å². The summed E-state index contributed by atoms with van der Waals surface area (Å²) in [6.07, 6.45) is 0. The molecule has 0 radical (unpaired) electrons. The Morgan fingerprint density at radius 3 is 2.38 bits per heavy atom. The van der Waals surface area contributed by atoms with Crippen molar-refractivity contribution in [2.24, 2.45) is 0 Å². The van der Waals surface area contributed by atoms with Gasteiger partial charge in [-0.2, -0.15) is 8.78 Å². The molecule has 0 spiro atoms. The molecule has 0 aromatic heterocycles. The van der Waals surface area contributed by atoms with Gasteiger partial charge in [0, 0.05) is 38.3 Å². The average Bonchev–Trinajstić information content (AvgIpc) is 3.16. The predicted octanol–water partition coefficient (Wildman–Crippen LogP) is 3.40. The summed E-state index contributed by atoms with van der Waals surface area (Å²) in [6, 6.07) is 11.7. The maximum atomic E-state index is 12.6. The molecule has 4 rings (SSSR count). The minimum absolute atomic E-state index is 0. The Kier molecular flexibility index (Phi) is 6.76. The number of halogens is 3. The van der Waals surface area contributed by atoms with Crippen molar-refractivity contribution in [1.29, 1.82) is 0 Å². The Bertz CT molecular complexity index is 843. The third-order valence-electron chi connectivity index (χ3n) is 4.83. The molecule has 6 nitrogen and oxygen atoms in total. The zero-order valence-electron chi connectivity index (χ0n) is 15.6. The van der Waals surface area contributed by atoms with E-state index in [0.29, 0.717) is 18.7 Å². The highest BCUT2D eigenvalue weighted by atomic mass is 35.5. The smallest absolute Gasteiger partial charge is 0.387 e. The van der Waals surface area contributed by atoms with Crippen molar-refractivity contribution in [2.75, 3.05) is 33.0 Å². The lowest BCUT2D eigenvalue weighted by Crippen LogP contribution is -2.48. The van der Waals surface area contributed by atoms with Crippen molar-refractivity contribution in [2.45, 2.75) is 13.2 Å². The van der Waals surface area contributed by atoms with E-state index in [-0.39, 0.29) is 30.9 Å². The Morgan fingerprint density at radius 2 is 1.69 bits per heavy atom. The number of hydrogen-bond donors (Lipinski definition) is 0. The molecular weight excluding hydrogens is 406 g/mol. The number of piperazine rings is 1. The zero-order valence-corrected chi connectivity index (χ0v) is 16.4. The fraction of sp³-hybridized carbons (Fsp3) is 0.350. The summed E-state index contributed by atoms with van der Waals surface area (Å²) < 4.78 is 39.5. The first-order chi connectivity index (χ1) is 13.6. The van der Waals surface area contributed by atoms with Crippen LogP contribution in [0.1, 0.15) is 15.9 Å². The fourth-order valence-corrected chi connectivity index (χ4v) is 3.37. The van der Waals surface area contributed by atoms with E-state index in [1.807, 2.05) is 18.2 Å². The lowest BCUT2D eigenvalue weighted by Gasteiger charge is -2.34. The van der Waals surface area contributed by atoms with Crippen LogP contribution in [0.3, 0.4) is 0 Å². The number of ether oxygens (including phenoxy) is 3. The van der Waals surface area contributed by atoms with Gasteiger partial charge in [0.2, 0.25) is 6.79 Å². The number of alkyl halides is 2. The molecule has 1 saturated heterocycles. The van der Waals surface area contributed by atoms with Crippen molar-refractivity contribution in [3.05, 3.63) is 53.6 Å². The molecular formula is C20H21ClF2N2O4. The maximum absolute atomic E-state index is 12.6. The van der Waals surface area contributed by atoms with Crippen LogP contribution in [0.25, 0.3) is 0 Å². The second-order valence-corrected chi connectivity index (χ2v) is 6.66. The minimum atomic E-state index is -2.88. The van der Waals surface area contributed by atoms with E-state index in [0.717, 1.165) is 36.7 Å². The third-order valence-corrected chi connectivity index (χ3v) is 4.83. The number of nitrogens with zero attached hydrogens (tertiary/aromatic N) is 2. The molecule has 29 heavy (non-hydrogen) atoms. The quantitative estimate of drug-likeness (QED) is 0.733. The number of hydrogen-bond acceptors (Lipinski definition) is 5. The lowest BCUT2D eigenvalue weighted by atomic mass is 10.1. The van der Waals surface area contributed by atoms with Crippen LogP contribution in [-0.2, 0) is 6.54 Å². The van der Waals surface area contributed by atoms with E-state index in [1.165, 1.54) is 24.3 Å². The number of fused-ring (bicyclic) bond motifs is 1. The summed E-state index contributed by atoms with van der Waals surface area (Å²) in [6.45, 7) is 0.892. The largest absolute Gasteiger partial charge is 0.454 e. The molecule has 9 heteroatoms. The minimum Gasteiger partial charge on any atom is -0.454 e. The van der Waals surface area contributed by atoms with Gasteiger partial charge in [-0.1, -0.05) is 6.07 Å². The summed E-state index contributed by atoms with van der Waals surface area (Å²) >= 11 is 0. The van der Waals surface area contributed by atoms with Crippen molar-refractivity contribution >= 4 is 18.3 Å². The highest BCUT2D eigenvalue weighted by Crippen LogP contribution is 2.32. The Labute approximate surface area is 173 Å². The van der Waals surface area contributed by atoms with Crippen molar-refractivity contribution < 1.29 is 27.8 Å². The Balaban J connectivity index is 0.00000240. The molecule has 2 aromatic carbocycles. The van der Waals surface area contributed by atoms with Gasteiger partial charge < -0.3 is 19.1 Å². The van der Waals surface area contributed by atoms with Crippen LogP contribution in [0, 0.1) is 0 Å². The monoisotopic (exact) mass is 426 g/mol. The normalized spacial score (nSPS) is 15.9. The number of amides is 1. The molecule has 2 aliphatic heterocycles. The van der Waals surface area contributed by atoms with Crippen LogP contribution in [0.15, 0.2) is 42.5 Å². The molecule has 1 amide bonds. The van der Waals surface area contributed by atoms with Crippen molar-refractivity contribution in [3.63, 3.8) is 0 Å². The van der Waals surface area contributed by atoms with Gasteiger partial charge in [0.05, 0.1) is 0 Å². The molecule has 1 fully saturated rings. The summed E-state index contributed by atoms with van der Waals surface area (Å²) in [5.74, 6) is 1.47. The van der Waals surface area contributed by atoms with Gasteiger partial charge in [-0.3, -0.25) is 9.69 Å². The topological polar surface area (TPSA) is 51.2 Å². The number of carbonyl (C=O) groups excluding carboxylic acids is 1. The van der Waals surface area contributed by atoms with Gasteiger partial charge in [0.15, 0.2) is 11.5 Å². The Morgan fingerprint density at radius 1 is 1.00 bits per heavy atom. The standard InChI is InChI=1S/C20H20F2N2O4.ClH/c21-20(22)28-16-4-2-15(3-5-16)19(25)24-9-7-23(8-10-24)12-14-1-6-17-18(11-14)27-13-26-17;/h1-6,11,20H,7-10,12-13H2;1H. The number of benzene rings is 2. The molecule has 2 heterocycles. The first kappa shape index (κ1) is 21.1. The Hall–Kier alpha value is -2.58. The van der Waals surface area contributed by atoms with Gasteiger partial charge in [-0.05, 0) is 42.0 Å². The molecule has 0 bridgehead atoms. The lowest BCUT2D eigenvalue weighted by molar-refractivity contribution is -0.0498. The van der Waals surface area contributed by atoms with E-state index in [1.54, 1.807) is 4.90 Å². The van der Waals surface area contributed by atoms with Gasteiger partial charge in [0.1, 0.15) is 5.75 Å². The summed E-state index contributed by atoms with van der Waals surface area (Å²) in [4.78, 5) is 16.7. The van der Waals surface area contributed by atoms with Gasteiger partial charge in [-0.25, -0.2) is 0 Å². The van der Waals surface area contributed by atoms with Crippen molar-refractivity contribution in [1.82, 2.24) is 9.80 Å². The second-order valence-electron chi connectivity index (χ2n) is 6.66. The molecule has 2 aliphatic rings. The van der Waals surface area contributed by atoms with E-state index in [2.05, 4.69) is 9.64 Å². The molecule has 0 saturated carbocycles. The SMILES string of the molecule is Cl.O=C(c1ccc(OC(F)F)cc1)N1CCN(Cc2ccc3c(c2)OCO3)CC1. The average molecular weight is 427 g/mol. The number of rotatable bonds is 5. The van der Waals surface area contributed by atoms with E-state index in [9.17, 15) is 13.6 Å². The fourth-order valence-electron chi connectivity index (χ4n) is 3.37. The van der Waals surface area contributed by atoms with Crippen LogP contribution in [0.4, 0.5) is 8.78 Å². The summed E-state index contributed by atoms with van der Waals surface area (Å²) in [5.41, 5.74) is 1.60. The van der Waals surface area contributed by atoms with Gasteiger partial charge >= 0.3 is 6.61 Å². The van der Waals surface area contributed by atoms with Crippen LogP contribution in [0.5, 0.6) is 17.2 Å². The molecule has 0 aliphatic carbocycles. The zero-order chi connectivity index (χ0) is 19.5. The third kappa shape index (κ3) is 5.07. The van der Waals surface area contributed by atoms with Crippen LogP contribution in [0.2, 0.25) is 0 Å². The molecule has 156 valence electrons. The van der Waals surface area contributed by atoms with Crippen LogP contribution < -0.4 is 14.2 Å². The highest BCUT2D eigenvalue weighted by molar-refractivity contribution is 5.94. The number of carbonyl (C=O) groups is 1. The summed E-state index contributed by atoms with van der Waals surface area (Å²) in [7, 11) is 0. The van der Waals surface area contributed by atoms with Gasteiger partial charge in [-0.15, -0.1) is 12.4 Å².